The van der Waals surface area contributed by atoms with Crippen LogP contribution in [0.5, 0.6) is 0 Å². The van der Waals surface area contributed by atoms with E-state index in [1.807, 2.05) is 36.4 Å². The number of rotatable bonds is 14. The van der Waals surface area contributed by atoms with Crippen molar-refractivity contribution in [3.05, 3.63) is 111 Å². The number of carboxylic acid groups (broad SMARTS) is 2. The Hall–Kier alpha value is -4.85. The molecule has 0 aliphatic heterocycles. The molecule has 2 amide bonds. The van der Waals surface area contributed by atoms with Gasteiger partial charge in [-0.25, -0.2) is 13.2 Å². The van der Waals surface area contributed by atoms with E-state index in [-0.39, 0.29) is 34.5 Å². The number of benzene rings is 3. The minimum absolute atomic E-state index is 0.0151. The Kier molecular flexibility index (Phi) is 12.3. The van der Waals surface area contributed by atoms with E-state index in [0.29, 0.717) is 41.9 Å². The number of hydrogen-bond donors (Lipinski definition) is 4. The molecule has 1 fully saturated rings. The van der Waals surface area contributed by atoms with Crippen molar-refractivity contribution in [1.82, 2.24) is 4.31 Å². The number of hydrogen-bond acceptors (Lipinski definition) is 7. The van der Waals surface area contributed by atoms with Gasteiger partial charge in [0.25, 0.3) is 11.8 Å². The second-order valence-electron chi connectivity index (χ2n) is 14.0. The molecule has 0 atom stereocenters. The number of carboxylic acids is 2. The van der Waals surface area contributed by atoms with Crippen LogP contribution in [0.2, 0.25) is 0 Å². The van der Waals surface area contributed by atoms with Crippen molar-refractivity contribution in [3.8, 4) is 0 Å². The van der Waals surface area contributed by atoms with Crippen molar-refractivity contribution < 1.29 is 37.8 Å². The fourth-order valence-corrected chi connectivity index (χ4v) is 10.5. The molecular formula is C41H45N3O8S2. The van der Waals surface area contributed by atoms with Crippen LogP contribution in [0.1, 0.15) is 105 Å². The molecule has 3 aromatic carbocycles. The van der Waals surface area contributed by atoms with Gasteiger partial charge in [-0.15, -0.1) is 11.3 Å². The zero-order valence-corrected chi connectivity index (χ0v) is 31.8. The predicted molar refractivity (Wildman–Crippen MR) is 208 cm³/mol. The third-order valence-corrected chi connectivity index (χ3v) is 13.7. The lowest BCUT2D eigenvalue weighted by atomic mass is 9.86. The number of carbonyl (C=O) groups excluding carboxylic acids is 2. The monoisotopic (exact) mass is 771 g/mol. The first kappa shape index (κ1) is 38.9. The Morgan fingerprint density at radius 1 is 0.796 bits per heavy atom. The Morgan fingerprint density at radius 3 is 2.07 bits per heavy atom. The number of nitrogens with zero attached hydrogens (tertiary/aromatic N) is 1. The first-order valence-electron chi connectivity index (χ1n) is 18.5. The average molecular weight is 772 g/mol. The Bertz CT molecular complexity index is 2120. The zero-order valence-electron chi connectivity index (χ0n) is 30.2. The van der Waals surface area contributed by atoms with Crippen LogP contribution in [0.4, 0.5) is 10.7 Å². The summed E-state index contributed by atoms with van der Waals surface area (Å²) in [7, 11) is -3.97. The van der Waals surface area contributed by atoms with Crippen LogP contribution in [0.15, 0.2) is 77.7 Å². The molecule has 4 aromatic rings. The highest BCUT2D eigenvalue weighted by Gasteiger charge is 2.35. The van der Waals surface area contributed by atoms with Gasteiger partial charge in [-0.3, -0.25) is 14.4 Å². The number of aromatic carboxylic acids is 1. The highest BCUT2D eigenvalue weighted by Crippen LogP contribution is 2.39. The van der Waals surface area contributed by atoms with Crippen LogP contribution in [0, 0.1) is 5.92 Å². The van der Waals surface area contributed by atoms with Gasteiger partial charge in [0.1, 0.15) is 5.00 Å². The van der Waals surface area contributed by atoms with Crippen molar-refractivity contribution in [3.63, 3.8) is 0 Å². The van der Waals surface area contributed by atoms with E-state index in [1.54, 1.807) is 25.1 Å². The normalized spacial score (nSPS) is 17.1. The molecule has 1 saturated carbocycles. The van der Waals surface area contributed by atoms with E-state index in [9.17, 15) is 32.7 Å². The molecule has 284 valence electrons. The van der Waals surface area contributed by atoms with Gasteiger partial charge < -0.3 is 20.8 Å². The molecule has 0 bridgehead atoms. The molecule has 0 radical (unpaired) electrons. The maximum Gasteiger partial charge on any atom is 0.335 e. The van der Waals surface area contributed by atoms with Crippen molar-refractivity contribution in [2.75, 3.05) is 17.2 Å². The summed E-state index contributed by atoms with van der Waals surface area (Å²) in [5.74, 6) is -3.11. The van der Waals surface area contributed by atoms with Crippen LogP contribution in [-0.4, -0.2) is 59.3 Å². The van der Waals surface area contributed by atoms with Gasteiger partial charge in [-0.2, -0.15) is 4.31 Å². The van der Waals surface area contributed by atoms with E-state index >= 15 is 0 Å². The zero-order chi connectivity index (χ0) is 38.4. The average Bonchev–Trinajstić information content (AvgIpc) is 3.54. The summed E-state index contributed by atoms with van der Waals surface area (Å²) < 4.78 is 29.1. The lowest BCUT2D eigenvalue weighted by Gasteiger charge is -2.34. The first-order valence-corrected chi connectivity index (χ1v) is 20.7. The van der Waals surface area contributed by atoms with Crippen LogP contribution >= 0.6 is 11.3 Å². The van der Waals surface area contributed by atoms with Gasteiger partial charge in [0.2, 0.25) is 10.0 Å². The first-order chi connectivity index (χ1) is 25.9. The predicted octanol–water partition coefficient (Wildman–Crippen LogP) is 7.66. The fourth-order valence-electron chi connectivity index (χ4n) is 7.50. The van der Waals surface area contributed by atoms with Gasteiger partial charge in [-0.1, -0.05) is 37.3 Å². The van der Waals surface area contributed by atoms with Crippen LogP contribution in [0.3, 0.4) is 0 Å². The standard InChI is InChI=1S/C41H45N3O8S2/c1-2-44(32-23-19-29(20-24-32)41(49)50)54(51,52)33-10-6-9-30(25-33)37(45)43-39-36(34-11-3-4-12-35(34)53-39)38(46)42-31-21-15-27(16-22-31)8-5-7-26-13-17-28(18-14-26)40(47)48/h6,9-10,13-18,21-22,25,29,32H,2-5,7-8,11-12,19-20,23-24H2,1H3,(H,42,46)(H,43,45)(H,47,48)(H,49,50). The highest BCUT2D eigenvalue weighted by molar-refractivity contribution is 7.89. The van der Waals surface area contributed by atoms with E-state index in [2.05, 4.69) is 10.6 Å². The Morgan fingerprint density at radius 2 is 1.44 bits per heavy atom. The minimum Gasteiger partial charge on any atom is -0.481 e. The molecule has 54 heavy (non-hydrogen) atoms. The van der Waals surface area contributed by atoms with Crippen LogP contribution in [-0.2, 0) is 40.5 Å². The summed E-state index contributed by atoms with van der Waals surface area (Å²) in [6, 6.07) is 20.1. The molecular weight excluding hydrogens is 727 g/mol. The van der Waals surface area contributed by atoms with Gasteiger partial charge in [0.05, 0.1) is 21.9 Å². The summed E-state index contributed by atoms with van der Waals surface area (Å²) in [5, 5.41) is 24.9. The van der Waals surface area contributed by atoms with Crippen molar-refractivity contribution in [2.45, 2.75) is 88.5 Å². The summed E-state index contributed by atoms with van der Waals surface area (Å²) in [6.45, 7) is 1.97. The van der Waals surface area contributed by atoms with Crippen LogP contribution < -0.4 is 10.6 Å². The number of aryl methyl sites for hydroxylation is 3. The Labute approximate surface area is 319 Å². The number of aliphatic carboxylic acids is 1. The number of anilines is 2. The number of sulfonamides is 1. The molecule has 13 heteroatoms. The van der Waals surface area contributed by atoms with E-state index < -0.39 is 33.8 Å². The topological polar surface area (TPSA) is 170 Å². The quantitative estimate of drug-likeness (QED) is 0.101. The second-order valence-corrected chi connectivity index (χ2v) is 17.0. The van der Waals surface area contributed by atoms with Gasteiger partial charge in [0.15, 0.2) is 0 Å². The van der Waals surface area contributed by atoms with E-state index in [4.69, 9.17) is 5.11 Å². The molecule has 1 heterocycles. The fraction of sp³-hybridized carbons (Fsp3) is 0.366. The number of nitrogens with one attached hydrogen (secondary N) is 2. The molecule has 2 aliphatic carbocycles. The van der Waals surface area contributed by atoms with Crippen LogP contribution in [0.25, 0.3) is 0 Å². The maximum absolute atomic E-state index is 13.9. The lowest BCUT2D eigenvalue weighted by Crippen LogP contribution is -2.42. The molecule has 6 rings (SSSR count). The maximum atomic E-state index is 13.9. The number of thiophene rings is 1. The third kappa shape index (κ3) is 8.91. The van der Waals surface area contributed by atoms with Crippen molar-refractivity contribution in [1.29, 1.82) is 0 Å². The van der Waals surface area contributed by atoms with E-state index in [1.165, 1.54) is 33.8 Å². The van der Waals surface area contributed by atoms with Gasteiger partial charge in [-0.05, 0) is 130 Å². The second kappa shape index (κ2) is 17.1. The third-order valence-electron chi connectivity index (χ3n) is 10.4. The molecule has 11 nitrogen and oxygen atoms in total. The largest absolute Gasteiger partial charge is 0.481 e. The smallest absolute Gasteiger partial charge is 0.335 e. The lowest BCUT2D eigenvalue weighted by molar-refractivity contribution is -0.143. The Balaban J connectivity index is 1.12. The number of carbonyl (C=O) groups is 4. The van der Waals surface area contributed by atoms with Crippen molar-refractivity contribution >= 4 is 55.8 Å². The van der Waals surface area contributed by atoms with Gasteiger partial charge in [0, 0.05) is 28.7 Å². The SMILES string of the molecule is CCN(C1CCC(C(=O)O)CC1)S(=O)(=O)c1cccc(C(=O)Nc2sc3c(c2C(=O)Nc2ccc(CCCc4ccc(C(=O)O)cc4)cc2)CCCC3)c1. The highest BCUT2D eigenvalue weighted by atomic mass is 32.2. The summed E-state index contributed by atoms with van der Waals surface area (Å²) in [5.41, 5.74) is 4.57. The summed E-state index contributed by atoms with van der Waals surface area (Å²) in [6.07, 6.45) is 7.69. The summed E-state index contributed by atoms with van der Waals surface area (Å²) in [4.78, 5) is 51.2. The van der Waals surface area contributed by atoms with E-state index in [0.717, 1.165) is 66.5 Å². The molecule has 1 aromatic heterocycles. The number of amides is 2. The summed E-state index contributed by atoms with van der Waals surface area (Å²) >= 11 is 1.38. The molecule has 0 unspecified atom stereocenters. The molecule has 4 N–H and O–H groups in total. The van der Waals surface area contributed by atoms with Crippen molar-refractivity contribution in [2.24, 2.45) is 5.92 Å². The number of fused-ring (bicyclic) bond motifs is 1. The minimum atomic E-state index is -3.97. The molecule has 0 spiro atoms. The van der Waals surface area contributed by atoms with Gasteiger partial charge >= 0.3 is 11.9 Å². The molecule has 2 aliphatic rings. The molecule has 0 saturated heterocycles.